The molecular formula is C22H30O5. The van der Waals surface area contributed by atoms with Crippen LogP contribution < -0.4 is 0 Å². The second-order valence-electron chi connectivity index (χ2n) is 8.09. The summed E-state index contributed by atoms with van der Waals surface area (Å²) in [6, 6.07) is 7.47. The number of benzene rings is 1. The first-order chi connectivity index (χ1) is 12.9. The van der Waals surface area contributed by atoms with Gasteiger partial charge in [0.25, 0.3) is 0 Å². The van der Waals surface area contributed by atoms with E-state index in [2.05, 4.69) is 0 Å². The first-order valence-electron chi connectivity index (χ1n) is 9.99. The smallest absolute Gasteiger partial charge is 0.338 e. The van der Waals surface area contributed by atoms with Crippen molar-refractivity contribution in [3.8, 4) is 0 Å². The van der Waals surface area contributed by atoms with Crippen molar-refractivity contribution in [3.63, 3.8) is 0 Å². The summed E-state index contributed by atoms with van der Waals surface area (Å²) >= 11 is 0. The Hall–Kier alpha value is -1.72. The molecule has 1 fully saturated rings. The van der Waals surface area contributed by atoms with Gasteiger partial charge in [-0.2, -0.15) is 0 Å². The van der Waals surface area contributed by atoms with Gasteiger partial charge in [0, 0.05) is 18.3 Å². The molecule has 148 valence electrons. The van der Waals surface area contributed by atoms with E-state index in [0.717, 1.165) is 24.8 Å². The monoisotopic (exact) mass is 374 g/mol. The molecule has 0 spiro atoms. The molecule has 0 aliphatic carbocycles. The van der Waals surface area contributed by atoms with E-state index in [4.69, 9.17) is 9.47 Å². The van der Waals surface area contributed by atoms with Gasteiger partial charge in [-0.05, 0) is 44.2 Å². The molecule has 1 aromatic rings. The molecule has 5 nitrogen and oxygen atoms in total. The molecule has 1 aromatic carbocycles. The van der Waals surface area contributed by atoms with Gasteiger partial charge in [0.05, 0.1) is 23.9 Å². The first kappa shape index (κ1) is 20.0. The van der Waals surface area contributed by atoms with Crippen LogP contribution in [-0.2, 0) is 20.7 Å². The third-order valence-electron chi connectivity index (χ3n) is 6.20. The van der Waals surface area contributed by atoms with Crippen molar-refractivity contribution in [2.24, 2.45) is 11.8 Å². The number of hydrogen-bond donors (Lipinski definition) is 1. The molecule has 6 atom stereocenters. The zero-order valence-electron chi connectivity index (χ0n) is 16.4. The minimum absolute atomic E-state index is 0.0606. The fourth-order valence-electron chi connectivity index (χ4n) is 4.11. The Bertz CT molecular complexity index is 685. The summed E-state index contributed by atoms with van der Waals surface area (Å²) in [4.78, 5) is 23.9. The predicted octanol–water partition coefficient (Wildman–Crippen LogP) is 3.32. The number of ether oxygens (including phenoxy) is 2. The van der Waals surface area contributed by atoms with Crippen molar-refractivity contribution >= 4 is 11.8 Å². The zero-order valence-corrected chi connectivity index (χ0v) is 16.4. The maximum absolute atomic E-state index is 12.2. The van der Waals surface area contributed by atoms with Crippen LogP contribution in [0, 0.1) is 11.8 Å². The number of Topliss-reactive ketones (excluding diaryl/α,β-unsaturated/α-hetero) is 1. The molecular weight excluding hydrogens is 344 g/mol. The van der Waals surface area contributed by atoms with Gasteiger partial charge in [-0.3, -0.25) is 4.79 Å². The highest BCUT2D eigenvalue weighted by Gasteiger charge is 2.36. The predicted molar refractivity (Wildman–Crippen MR) is 101 cm³/mol. The summed E-state index contributed by atoms with van der Waals surface area (Å²) in [7, 11) is 0. The van der Waals surface area contributed by atoms with Gasteiger partial charge < -0.3 is 14.6 Å². The lowest BCUT2D eigenvalue weighted by atomic mass is 9.85. The minimum atomic E-state index is -0.621. The molecule has 1 saturated heterocycles. The number of hydrogen-bond acceptors (Lipinski definition) is 5. The third-order valence-corrected chi connectivity index (χ3v) is 6.20. The molecule has 2 heterocycles. The number of ketones is 1. The normalized spacial score (nSPS) is 28.6. The Morgan fingerprint density at radius 2 is 1.96 bits per heavy atom. The Morgan fingerprint density at radius 3 is 2.70 bits per heavy atom. The van der Waals surface area contributed by atoms with Gasteiger partial charge in [-0.1, -0.05) is 32.0 Å². The van der Waals surface area contributed by atoms with Crippen molar-refractivity contribution in [1.29, 1.82) is 0 Å². The molecule has 2 aliphatic rings. The van der Waals surface area contributed by atoms with Gasteiger partial charge in [0.15, 0.2) is 0 Å². The van der Waals surface area contributed by atoms with Gasteiger partial charge >= 0.3 is 5.97 Å². The maximum Gasteiger partial charge on any atom is 0.338 e. The molecule has 3 rings (SSSR count). The van der Waals surface area contributed by atoms with E-state index in [1.165, 1.54) is 0 Å². The van der Waals surface area contributed by atoms with E-state index >= 15 is 0 Å². The number of carbonyl (C=O) groups is 2. The first-order valence-corrected chi connectivity index (χ1v) is 9.99. The van der Waals surface area contributed by atoms with E-state index in [0.29, 0.717) is 18.4 Å². The van der Waals surface area contributed by atoms with Crippen LogP contribution in [0.3, 0.4) is 0 Å². The molecule has 2 aliphatic heterocycles. The standard InChI is InChI=1S/C22H30O5/c1-13(15(3)23)20-10-6-8-17(26-20)12-19(24)14(2)21-11-16-7-4-5-9-18(16)22(25)27-21/h4-5,7,9,13-14,17,19-21,24H,6,8,10-12H2,1-3H3. The highest BCUT2D eigenvalue weighted by molar-refractivity contribution is 5.92. The number of aliphatic hydroxyl groups excluding tert-OH is 1. The lowest BCUT2D eigenvalue weighted by Crippen LogP contribution is -2.41. The molecule has 27 heavy (non-hydrogen) atoms. The van der Waals surface area contributed by atoms with Crippen LogP contribution in [0.25, 0.3) is 0 Å². The van der Waals surface area contributed by atoms with Crippen LogP contribution in [0.4, 0.5) is 0 Å². The number of cyclic esters (lactones) is 1. The van der Waals surface area contributed by atoms with Crippen molar-refractivity contribution in [2.75, 3.05) is 0 Å². The molecule has 1 N–H and O–H groups in total. The Labute approximate surface area is 161 Å². The minimum Gasteiger partial charge on any atom is -0.458 e. The summed E-state index contributed by atoms with van der Waals surface area (Å²) in [5.41, 5.74) is 1.59. The molecule has 0 bridgehead atoms. The van der Waals surface area contributed by atoms with Crippen molar-refractivity contribution in [3.05, 3.63) is 35.4 Å². The van der Waals surface area contributed by atoms with Crippen LogP contribution in [0.2, 0.25) is 0 Å². The van der Waals surface area contributed by atoms with E-state index < -0.39 is 6.10 Å². The highest BCUT2D eigenvalue weighted by atomic mass is 16.5. The van der Waals surface area contributed by atoms with Crippen molar-refractivity contribution in [1.82, 2.24) is 0 Å². The number of rotatable bonds is 6. The van der Waals surface area contributed by atoms with Crippen LogP contribution in [0.1, 0.15) is 62.4 Å². The fourth-order valence-corrected chi connectivity index (χ4v) is 4.11. The summed E-state index contributed by atoms with van der Waals surface area (Å²) in [6.45, 7) is 5.44. The van der Waals surface area contributed by atoms with E-state index in [1.807, 2.05) is 32.0 Å². The average molecular weight is 374 g/mol. The van der Waals surface area contributed by atoms with Crippen LogP contribution >= 0.6 is 0 Å². The SMILES string of the molecule is CC(=O)C(C)C1CCCC(CC(O)C(C)C2Cc3ccccc3C(=O)O2)O1. The van der Waals surface area contributed by atoms with Crippen molar-refractivity contribution in [2.45, 2.75) is 77.3 Å². The Balaban J connectivity index is 1.59. The fraction of sp³-hybridized carbons (Fsp3) is 0.636. The van der Waals surface area contributed by atoms with Gasteiger partial charge in [-0.15, -0.1) is 0 Å². The van der Waals surface area contributed by atoms with Crippen LogP contribution in [0.15, 0.2) is 24.3 Å². The highest BCUT2D eigenvalue weighted by Crippen LogP contribution is 2.31. The molecule has 0 radical (unpaired) electrons. The lowest BCUT2D eigenvalue weighted by Gasteiger charge is -2.36. The van der Waals surface area contributed by atoms with E-state index in [1.54, 1.807) is 13.0 Å². The number of fused-ring (bicyclic) bond motifs is 1. The van der Waals surface area contributed by atoms with E-state index in [9.17, 15) is 14.7 Å². The summed E-state index contributed by atoms with van der Waals surface area (Å²) in [5.74, 6) is -0.470. The summed E-state index contributed by atoms with van der Waals surface area (Å²) in [5, 5.41) is 10.8. The van der Waals surface area contributed by atoms with Crippen molar-refractivity contribution < 1.29 is 24.2 Å². The van der Waals surface area contributed by atoms with Crippen LogP contribution in [0.5, 0.6) is 0 Å². The Kier molecular flexibility index (Phi) is 6.33. The summed E-state index contributed by atoms with van der Waals surface area (Å²) < 4.78 is 11.7. The van der Waals surface area contributed by atoms with Gasteiger partial charge in [0.2, 0.25) is 0 Å². The molecule has 0 amide bonds. The number of esters is 1. The number of carbonyl (C=O) groups excluding carboxylic acids is 2. The lowest BCUT2D eigenvalue weighted by molar-refractivity contribution is -0.134. The zero-order chi connectivity index (χ0) is 19.6. The molecule has 5 heteroatoms. The largest absolute Gasteiger partial charge is 0.458 e. The maximum atomic E-state index is 12.2. The summed E-state index contributed by atoms with van der Waals surface area (Å²) in [6.07, 6.45) is 2.81. The quantitative estimate of drug-likeness (QED) is 0.774. The molecule has 6 unspecified atom stereocenters. The van der Waals surface area contributed by atoms with Gasteiger partial charge in [0.1, 0.15) is 11.9 Å². The Morgan fingerprint density at radius 1 is 1.22 bits per heavy atom. The topological polar surface area (TPSA) is 72.8 Å². The van der Waals surface area contributed by atoms with Gasteiger partial charge in [-0.25, -0.2) is 4.79 Å². The van der Waals surface area contributed by atoms with E-state index in [-0.39, 0.29) is 41.9 Å². The number of aliphatic hydroxyl groups is 1. The second kappa shape index (κ2) is 8.53. The average Bonchev–Trinajstić information content (AvgIpc) is 2.66. The third kappa shape index (κ3) is 4.58. The molecule has 0 aromatic heterocycles. The van der Waals surface area contributed by atoms with Crippen LogP contribution in [-0.4, -0.2) is 41.3 Å². The molecule has 0 saturated carbocycles. The second-order valence-corrected chi connectivity index (χ2v) is 8.09.